The maximum absolute atomic E-state index is 12.4. The van der Waals surface area contributed by atoms with Crippen LogP contribution in [-0.2, 0) is 45.9 Å². The van der Waals surface area contributed by atoms with Crippen LogP contribution >= 0.6 is 0 Å². The molecule has 8 bridgehead atoms. The summed E-state index contributed by atoms with van der Waals surface area (Å²) in [6.07, 6.45) is -1.04. The number of carbonyl (C=O) groups is 1. The van der Waals surface area contributed by atoms with Crippen molar-refractivity contribution in [2.45, 2.75) is 42.4 Å². The number of aromatic carboxylic acids is 1. The monoisotopic (exact) mass is 718 g/mol. The zero-order chi connectivity index (χ0) is 36.3. The predicted molar refractivity (Wildman–Crippen MR) is 180 cm³/mol. The number of hydrogen-bond acceptors (Lipinski definition) is 9. The van der Waals surface area contributed by atoms with Gasteiger partial charge in [0.2, 0.25) is 0 Å². The molecule has 14 heteroatoms. The molecule has 1 aliphatic carbocycles. The Bertz CT molecular complexity index is 2320. The van der Waals surface area contributed by atoms with Gasteiger partial charge in [0.1, 0.15) is 23.0 Å². The van der Waals surface area contributed by atoms with Crippen LogP contribution in [-0.4, -0.2) is 57.4 Å². The second-order valence-electron chi connectivity index (χ2n) is 12.3. The molecule has 6 rings (SSSR count). The first-order chi connectivity index (χ1) is 23.4. The molecule has 0 aromatic heterocycles. The van der Waals surface area contributed by atoms with Crippen molar-refractivity contribution in [2.75, 3.05) is 0 Å². The van der Waals surface area contributed by atoms with Crippen molar-refractivity contribution in [3.8, 4) is 34.1 Å². The molecule has 0 spiro atoms. The molecule has 0 radical (unpaired) electrons. The third-order valence-electron chi connectivity index (χ3n) is 8.75. The molecule has 0 atom stereocenters. The van der Waals surface area contributed by atoms with Gasteiger partial charge in [0.05, 0.1) is 15.4 Å². The van der Waals surface area contributed by atoms with Crippen molar-refractivity contribution in [3.05, 3.63) is 128 Å². The van der Waals surface area contributed by atoms with Crippen LogP contribution < -0.4 is 0 Å². The van der Waals surface area contributed by atoms with Crippen LogP contribution in [0.3, 0.4) is 0 Å². The van der Waals surface area contributed by atoms with E-state index in [1.54, 1.807) is 19.1 Å². The van der Waals surface area contributed by atoms with Crippen LogP contribution in [0.25, 0.3) is 11.1 Å². The van der Waals surface area contributed by atoms with Gasteiger partial charge in [0.15, 0.2) is 0 Å². The highest BCUT2D eigenvalue weighted by Crippen LogP contribution is 2.41. The average molecular weight is 719 g/mol. The highest BCUT2D eigenvalue weighted by Gasteiger charge is 2.25. The quantitative estimate of drug-likeness (QED) is 0.114. The van der Waals surface area contributed by atoms with E-state index in [1.165, 1.54) is 36.4 Å². The standard InChI is InChI=1S/C36H30O12S2/c1-18-6-22-10-26-14-30(49(43,44)45)16-28(34(26)39)12-24-8-21(19-2-4-20(5-3-19)36(41)42)9-25(33(24)38)13-29-17-31(50(46,47)48)15-27(35(29)40)11-23(7-18)32(22)37/h2-9,14-17,37-40H,10-13H2,1H3,(H,41,42)(H,43,44,45)(H,46,47,48). The molecular weight excluding hydrogens is 689 g/mol. The van der Waals surface area contributed by atoms with Gasteiger partial charge >= 0.3 is 5.97 Å². The van der Waals surface area contributed by atoms with E-state index < -0.39 is 36.0 Å². The smallest absolute Gasteiger partial charge is 0.335 e. The Labute approximate surface area is 286 Å². The number of phenols is 4. The first kappa shape index (κ1) is 34.5. The summed E-state index contributed by atoms with van der Waals surface area (Å²) in [7, 11) is -9.59. The molecule has 0 saturated heterocycles. The van der Waals surface area contributed by atoms with Gasteiger partial charge in [-0.3, -0.25) is 9.11 Å². The van der Waals surface area contributed by atoms with Crippen molar-refractivity contribution in [1.29, 1.82) is 0 Å². The SMILES string of the molecule is Cc1cc2c(O)c(c1)Cc1cc(S(=O)(=O)O)cc(c1O)Cc1cc(-c3ccc(C(=O)O)cc3)cc(c1O)Cc1cc(S(=O)(=O)O)cc(c1O)C2. The minimum atomic E-state index is -4.80. The third kappa shape index (κ3) is 6.73. The average Bonchev–Trinajstić information content (AvgIpc) is 3.03. The lowest BCUT2D eigenvalue weighted by molar-refractivity contribution is 0.0696. The maximum Gasteiger partial charge on any atom is 0.335 e. The number of aromatic hydroxyl groups is 4. The normalized spacial score (nSPS) is 13.2. The van der Waals surface area contributed by atoms with Crippen molar-refractivity contribution >= 4 is 26.2 Å². The lowest BCUT2D eigenvalue weighted by Crippen LogP contribution is -2.06. The Balaban J connectivity index is 1.67. The van der Waals surface area contributed by atoms with Gasteiger partial charge in [-0.15, -0.1) is 0 Å². The third-order valence-corrected chi connectivity index (χ3v) is 10.4. The first-order valence-corrected chi connectivity index (χ1v) is 17.9. The van der Waals surface area contributed by atoms with Crippen LogP contribution in [0.4, 0.5) is 0 Å². The van der Waals surface area contributed by atoms with Crippen molar-refractivity contribution < 1.29 is 56.3 Å². The number of aryl methyl sites for hydroxylation is 1. The van der Waals surface area contributed by atoms with E-state index in [4.69, 9.17) is 0 Å². The second-order valence-corrected chi connectivity index (χ2v) is 15.1. The van der Waals surface area contributed by atoms with Crippen LogP contribution in [0.5, 0.6) is 23.0 Å². The van der Waals surface area contributed by atoms with Crippen molar-refractivity contribution in [2.24, 2.45) is 0 Å². The van der Waals surface area contributed by atoms with Crippen LogP contribution in [0.2, 0.25) is 0 Å². The molecule has 1 aliphatic rings. The minimum absolute atomic E-state index is 0.00675. The molecule has 7 N–H and O–H groups in total. The van der Waals surface area contributed by atoms with Crippen molar-refractivity contribution in [3.63, 3.8) is 0 Å². The fraction of sp³-hybridized carbons (Fsp3) is 0.139. The van der Waals surface area contributed by atoms with E-state index in [0.29, 0.717) is 16.7 Å². The molecule has 0 fully saturated rings. The number of fused-ring (bicyclic) bond motifs is 8. The molecule has 0 heterocycles. The highest BCUT2D eigenvalue weighted by molar-refractivity contribution is 7.86. The topological polar surface area (TPSA) is 227 Å². The van der Waals surface area contributed by atoms with Gasteiger partial charge in [-0.1, -0.05) is 29.8 Å². The number of benzene rings is 5. The second kappa shape index (κ2) is 12.5. The largest absolute Gasteiger partial charge is 0.507 e. The van der Waals surface area contributed by atoms with Crippen LogP contribution in [0, 0.1) is 6.92 Å². The Kier molecular flexibility index (Phi) is 8.60. The molecule has 5 aromatic rings. The molecule has 0 aliphatic heterocycles. The maximum atomic E-state index is 12.4. The molecular formula is C36H30O12S2. The van der Waals surface area contributed by atoms with E-state index in [-0.39, 0.29) is 98.8 Å². The summed E-state index contributed by atoms with van der Waals surface area (Å²) in [5.74, 6) is -2.49. The number of carboxylic acid groups (broad SMARTS) is 1. The highest BCUT2D eigenvalue weighted by atomic mass is 32.2. The zero-order valence-electron chi connectivity index (χ0n) is 26.2. The molecule has 0 unspecified atom stereocenters. The Hall–Kier alpha value is -5.41. The lowest BCUT2D eigenvalue weighted by atomic mass is 9.89. The number of carboxylic acids is 1. The van der Waals surface area contributed by atoms with E-state index >= 15 is 0 Å². The number of hydrogen-bond donors (Lipinski definition) is 7. The van der Waals surface area contributed by atoms with E-state index in [2.05, 4.69) is 0 Å². The minimum Gasteiger partial charge on any atom is -0.507 e. The Morgan fingerprint density at radius 2 is 0.800 bits per heavy atom. The summed E-state index contributed by atoms with van der Waals surface area (Å²) in [5.41, 5.74) is 2.39. The van der Waals surface area contributed by atoms with Gasteiger partial charge in [-0.2, -0.15) is 16.8 Å². The fourth-order valence-corrected chi connectivity index (χ4v) is 7.48. The fourth-order valence-electron chi connectivity index (χ4n) is 6.32. The summed E-state index contributed by atoms with van der Waals surface area (Å²) in [6.45, 7) is 1.71. The van der Waals surface area contributed by atoms with Crippen LogP contribution in [0.1, 0.15) is 60.4 Å². The summed E-state index contributed by atoms with van der Waals surface area (Å²) in [5, 5.41) is 55.3. The molecule has 5 aromatic carbocycles. The van der Waals surface area contributed by atoms with E-state index in [0.717, 1.165) is 24.3 Å². The summed E-state index contributed by atoms with van der Waals surface area (Å²) in [4.78, 5) is 10.4. The van der Waals surface area contributed by atoms with Crippen molar-refractivity contribution in [1.82, 2.24) is 0 Å². The van der Waals surface area contributed by atoms with Crippen LogP contribution in [0.15, 0.2) is 82.6 Å². The lowest BCUT2D eigenvalue weighted by Gasteiger charge is -2.19. The van der Waals surface area contributed by atoms with Gasteiger partial charge in [0, 0.05) is 47.9 Å². The molecule has 12 nitrogen and oxygen atoms in total. The molecule has 0 saturated carbocycles. The summed E-state index contributed by atoms with van der Waals surface area (Å²) in [6, 6.07) is 16.3. The number of rotatable bonds is 4. The summed E-state index contributed by atoms with van der Waals surface area (Å²) >= 11 is 0. The Morgan fingerprint density at radius 3 is 1.10 bits per heavy atom. The first-order valence-electron chi connectivity index (χ1n) is 15.0. The predicted octanol–water partition coefficient (Wildman–Crippen LogP) is 5.35. The van der Waals surface area contributed by atoms with Gasteiger partial charge in [-0.25, -0.2) is 4.79 Å². The summed E-state index contributed by atoms with van der Waals surface area (Å²) < 4.78 is 69.5. The van der Waals surface area contributed by atoms with Gasteiger partial charge in [-0.05, 0) is 88.8 Å². The Morgan fingerprint density at radius 1 is 0.500 bits per heavy atom. The number of phenolic OH excluding ortho intramolecular Hbond substituents is 4. The van der Waals surface area contributed by atoms with Gasteiger partial charge in [0.25, 0.3) is 20.2 Å². The van der Waals surface area contributed by atoms with Gasteiger partial charge < -0.3 is 25.5 Å². The molecule has 258 valence electrons. The van der Waals surface area contributed by atoms with E-state index in [1.807, 2.05) is 0 Å². The molecule has 0 amide bonds. The van der Waals surface area contributed by atoms with E-state index in [9.17, 15) is 56.3 Å². The molecule has 50 heavy (non-hydrogen) atoms. The zero-order valence-corrected chi connectivity index (χ0v) is 27.9.